The van der Waals surface area contributed by atoms with Crippen molar-refractivity contribution in [3.63, 3.8) is 0 Å². The normalized spacial score (nSPS) is 22.1. The van der Waals surface area contributed by atoms with Crippen LogP contribution in [0.4, 0.5) is 10.2 Å². The molecule has 2 atom stereocenters. The van der Waals surface area contributed by atoms with Crippen molar-refractivity contribution in [3.8, 4) is 5.75 Å². The molecule has 34 heavy (non-hydrogen) atoms. The van der Waals surface area contributed by atoms with Gasteiger partial charge in [-0.05, 0) is 55.2 Å². The number of ether oxygens (including phenoxy) is 2. The highest BCUT2D eigenvalue weighted by Gasteiger charge is 2.40. The summed E-state index contributed by atoms with van der Waals surface area (Å²) in [7, 11) is 1.76. The molecular weight excluding hydrogens is 435 g/mol. The molecule has 1 aromatic heterocycles. The first kappa shape index (κ1) is 23.1. The molecule has 0 aliphatic carbocycles. The fraction of sp³-hybridized carbons (Fsp3) is 0.538. The fourth-order valence-corrected chi connectivity index (χ4v) is 5.51. The van der Waals surface area contributed by atoms with Gasteiger partial charge in [-0.25, -0.2) is 9.37 Å². The summed E-state index contributed by atoms with van der Waals surface area (Å²) < 4.78 is 23.8. The van der Waals surface area contributed by atoms with E-state index in [-0.39, 0.29) is 18.3 Å². The molecular formula is C26H33FN4O3. The Morgan fingerprint density at radius 1 is 1.12 bits per heavy atom. The molecule has 0 spiro atoms. The predicted molar refractivity (Wildman–Crippen MR) is 127 cm³/mol. The third-order valence-corrected chi connectivity index (χ3v) is 7.21. The minimum absolute atomic E-state index is 0.0511. The number of pyridine rings is 1. The number of rotatable bonds is 8. The molecule has 8 heteroatoms. The van der Waals surface area contributed by atoms with Crippen LogP contribution in [0.15, 0.2) is 36.4 Å². The number of methoxy groups -OCH3 is 1. The zero-order valence-electron chi connectivity index (χ0n) is 19.8. The summed E-state index contributed by atoms with van der Waals surface area (Å²) >= 11 is 0. The molecule has 2 bridgehead atoms. The maximum Gasteiger partial charge on any atom is 0.260 e. The zero-order chi connectivity index (χ0) is 23.5. The monoisotopic (exact) mass is 468 g/mol. The number of benzene rings is 1. The van der Waals surface area contributed by atoms with Gasteiger partial charge in [0.2, 0.25) is 0 Å². The Morgan fingerprint density at radius 2 is 1.88 bits per heavy atom. The Morgan fingerprint density at radius 3 is 2.62 bits per heavy atom. The number of hydrogen-bond donors (Lipinski definition) is 0. The first-order chi connectivity index (χ1) is 16.6. The number of fused-ring (bicyclic) bond motifs is 3. The van der Waals surface area contributed by atoms with E-state index in [9.17, 15) is 9.18 Å². The Labute approximate surface area is 200 Å². The molecule has 5 rings (SSSR count). The van der Waals surface area contributed by atoms with Crippen molar-refractivity contribution in [2.24, 2.45) is 0 Å². The Balaban J connectivity index is 1.18. The van der Waals surface area contributed by atoms with Crippen molar-refractivity contribution in [1.82, 2.24) is 14.8 Å². The highest BCUT2D eigenvalue weighted by atomic mass is 19.1. The third kappa shape index (κ3) is 5.03. The van der Waals surface area contributed by atoms with E-state index in [4.69, 9.17) is 14.5 Å². The Kier molecular flexibility index (Phi) is 6.97. The lowest BCUT2D eigenvalue weighted by Gasteiger charge is -2.42. The standard InChI is InChI=1S/C26H33FN4O3/c1-33-14-2-12-29-16-21-6-7-22(17-29)31(21)25-10-3-19-15-30(13-11-24(19)28-25)26(32)18-34-23-8-4-20(27)5-9-23/h3-5,8-10,21-22H,2,6-7,11-18H2,1H3. The van der Waals surface area contributed by atoms with E-state index < -0.39 is 0 Å². The van der Waals surface area contributed by atoms with Crippen molar-refractivity contribution in [2.45, 2.75) is 44.3 Å². The molecule has 0 N–H and O–H groups in total. The number of likely N-dealkylation sites (tertiary alicyclic amines) is 1. The van der Waals surface area contributed by atoms with Crippen molar-refractivity contribution >= 4 is 11.7 Å². The van der Waals surface area contributed by atoms with Gasteiger partial charge < -0.3 is 19.3 Å². The van der Waals surface area contributed by atoms with Crippen molar-refractivity contribution in [2.75, 3.05) is 51.4 Å². The molecule has 0 radical (unpaired) electrons. The number of carbonyl (C=O) groups is 1. The van der Waals surface area contributed by atoms with Gasteiger partial charge in [0.05, 0.1) is 0 Å². The number of amides is 1. The van der Waals surface area contributed by atoms with E-state index in [1.807, 2.05) is 4.90 Å². The van der Waals surface area contributed by atoms with Crippen LogP contribution in [0.25, 0.3) is 0 Å². The Hall–Kier alpha value is -2.71. The van der Waals surface area contributed by atoms with Gasteiger partial charge in [-0.15, -0.1) is 0 Å². The molecule has 0 saturated carbocycles. The molecule has 4 heterocycles. The quantitative estimate of drug-likeness (QED) is 0.556. The number of aromatic nitrogens is 1. The SMILES string of the molecule is COCCCN1CC2CCC(C1)N2c1ccc2c(n1)CCN(C(=O)COc1ccc(F)cc1)C2. The van der Waals surface area contributed by atoms with Crippen LogP contribution in [0.1, 0.15) is 30.5 Å². The van der Waals surface area contributed by atoms with Crippen LogP contribution in [-0.4, -0.2) is 79.3 Å². The van der Waals surface area contributed by atoms with Gasteiger partial charge in [-0.2, -0.15) is 0 Å². The molecule has 2 unspecified atom stereocenters. The number of piperazine rings is 1. The molecule has 7 nitrogen and oxygen atoms in total. The molecule has 2 fully saturated rings. The van der Waals surface area contributed by atoms with Gasteiger partial charge in [-0.3, -0.25) is 9.69 Å². The maximum atomic E-state index is 13.0. The number of halogens is 1. The van der Waals surface area contributed by atoms with Gasteiger partial charge in [0, 0.05) is 70.6 Å². The first-order valence-corrected chi connectivity index (χ1v) is 12.3. The van der Waals surface area contributed by atoms with Crippen LogP contribution < -0.4 is 9.64 Å². The first-order valence-electron chi connectivity index (χ1n) is 12.3. The minimum Gasteiger partial charge on any atom is -0.484 e. The summed E-state index contributed by atoms with van der Waals surface area (Å²) in [5, 5.41) is 0. The molecule has 1 aromatic carbocycles. The van der Waals surface area contributed by atoms with Crippen molar-refractivity contribution in [1.29, 1.82) is 0 Å². The fourth-order valence-electron chi connectivity index (χ4n) is 5.51. The predicted octanol–water partition coefficient (Wildman–Crippen LogP) is 2.87. The van der Waals surface area contributed by atoms with Crippen LogP contribution in [0.3, 0.4) is 0 Å². The minimum atomic E-state index is -0.324. The summed E-state index contributed by atoms with van der Waals surface area (Å²) in [6.07, 6.45) is 4.27. The van der Waals surface area contributed by atoms with E-state index >= 15 is 0 Å². The lowest BCUT2D eigenvalue weighted by atomic mass is 10.0. The second kappa shape index (κ2) is 10.3. The van der Waals surface area contributed by atoms with Gasteiger partial charge in [-0.1, -0.05) is 6.07 Å². The van der Waals surface area contributed by atoms with Gasteiger partial charge in [0.1, 0.15) is 17.4 Å². The second-order valence-electron chi connectivity index (χ2n) is 9.48. The largest absolute Gasteiger partial charge is 0.484 e. The maximum absolute atomic E-state index is 13.0. The van der Waals surface area contributed by atoms with Crippen LogP contribution in [0.2, 0.25) is 0 Å². The summed E-state index contributed by atoms with van der Waals surface area (Å²) in [4.78, 5) is 24.7. The molecule has 182 valence electrons. The number of carbonyl (C=O) groups excluding carboxylic acids is 1. The lowest BCUT2D eigenvalue weighted by molar-refractivity contribution is -0.134. The summed E-state index contributed by atoms with van der Waals surface area (Å²) in [5.74, 6) is 1.19. The lowest BCUT2D eigenvalue weighted by Crippen LogP contribution is -2.54. The average Bonchev–Trinajstić information content (AvgIpc) is 3.12. The average molecular weight is 469 g/mol. The summed E-state index contributed by atoms with van der Waals surface area (Å²) in [6.45, 7) is 5.24. The molecule has 3 aliphatic heterocycles. The molecule has 2 saturated heterocycles. The molecule has 3 aliphatic rings. The number of nitrogens with zero attached hydrogens (tertiary/aromatic N) is 4. The highest BCUT2D eigenvalue weighted by Crippen LogP contribution is 2.35. The van der Waals surface area contributed by atoms with Gasteiger partial charge >= 0.3 is 0 Å². The van der Waals surface area contributed by atoms with Crippen LogP contribution >= 0.6 is 0 Å². The van der Waals surface area contributed by atoms with E-state index in [2.05, 4.69) is 21.9 Å². The van der Waals surface area contributed by atoms with Crippen LogP contribution in [-0.2, 0) is 22.5 Å². The second-order valence-corrected chi connectivity index (χ2v) is 9.48. The number of anilines is 1. The summed E-state index contributed by atoms with van der Waals surface area (Å²) in [6, 6.07) is 11.0. The van der Waals surface area contributed by atoms with Crippen molar-refractivity contribution in [3.05, 3.63) is 53.5 Å². The Bertz CT molecular complexity index is 988. The molecule has 1 amide bonds. The number of hydrogen-bond acceptors (Lipinski definition) is 6. The van der Waals surface area contributed by atoms with E-state index in [1.54, 1.807) is 7.11 Å². The van der Waals surface area contributed by atoms with Crippen molar-refractivity contribution < 1.29 is 18.7 Å². The topological polar surface area (TPSA) is 58.1 Å². The molecule has 2 aromatic rings. The summed E-state index contributed by atoms with van der Waals surface area (Å²) in [5.41, 5.74) is 2.21. The van der Waals surface area contributed by atoms with Gasteiger partial charge in [0.25, 0.3) is 5.91 Å². The smallest absolute Gasteiger partial charge is 0.260 e. The van der Waals surface area contributed by atoms with E-state index in [0.29, 0.717) is 30.9 Å². The van der Waals surface area contributed by atoms with Crippen LogP contribution in [0, 0.1) is 5.82 Å². The highest BCUT2D eigenvalue weighted by molar-refractivity contribution is 5.78. The van der Waals surface area contributed by atoms with Crippen LogP contribution in [0.5, 0.6) is 5.75 Å². The van der Waals surface area contributed by atoms with E-state index in [1.165, 1.54) is 37.1 Å². The van der Waals surface area contributed by atoms with E-state index in [0.717, 1.165) is 56.2 Å². The zero-order valence-corrected chi connectivity index (χ0v) is 19.8. The van der Waals surface area contributed by atoms with Gasteiger partial charge in [0.15, 0.2) is 6.61 Å². The third-order valence-electron chi connectivity index (χ3n) is 7.21.